The summed E-state index contributed by atoms with van der Waals surface area (Å²) in [5, 5.41) is 3.48. The van der Waals surface area contributed by atoms with Gasteiger partial charge in [0.25, 0.3) is 5.91 Å². The number of carbonyl (C=O) groups is 1. The zero-order valence-corrected chi connectivity index (χ0v) is 15.0. The van der Waals surface area contributed by atoms with Gasteiger partial charge in [-0.2, -0.15) is 0 Å². The average molecular weight is 352 g/mol. The van der Waals surface area contributed by atoms with E-state index in [1.165, 1.54) is 17.1 Å². The monoisotopic (exact) mass is 352 g/mol. The van der Waals surface area contributed by atoms with Crippen LogP contribution in [0.5, 0.6) is 0 Å². The normalized spacial score (nSPS) is 11.0. The number of fused-ring (bicyclic) bond motifs is 1. The third kappa shape index (κ3) is 4.04. The number of hydrogen-bond donors (Lipinski definition) is 1. The highest BCUT2D eigenvalue weighted by Gasteiger charge is 2.19. The first-order chi connectivity index (χ1) is 11.8. The molecule has 1 aromatic carbocycles. The lowest BCUT2D eigenvalue weighted by Crippen LogP contribution is -2.42. The van der Waals surface area contributed by atoms with Crippen LogP contribution in [0.4, 0.5) is 4.39 Å². The topological polar surface area (TPSA) is 42.0 Å². The van der Waals surface area contributed by atoms with Crippen LogP contribution in [0.1, 0.15) is 34.0 Å². The lowest BCUT2D eigenvalue weighted by Gasteiger charge is -2.19. The van der Waals surface area contributed by atoms with Crippen LogP contribution in [0.15, 0.2) is 42.6 Å². The number of thiophene rings is 1. The van der Waals surface area contributed by atoms with Crippen molar-refractivity contribution in [3.63, 3.8) is 0 Å². The molecule has 25 heavy (non-hydrogen) atoms. The van der Waals surface area contributed by atoms with Crippen LogP contribution in [0, 0.1) is 24.6 Å². The quantitative estimate of drug-likeness (QED) is 0.699. The molecule has 0 atom stereocenters. The van der Waals surface area contributed by atoms with E-state index in [1.807, 2.05) is 32.9 Å². The summed E-state index contributed by atoms with van der Waals surface area (Å²) >= 11 is 1.61. The minimum absolute atomic E-state index is 0.256. The Labute approximate surface area is 149 Å². The molecule has 3 rings (SSSR count). The molecule has 0 aliphatic heterocycles. The predicted octanol–water partition coefficient (Wildman–Crippen LogP) is 4.30. The van der Waals surface area contributed by atoms with Crippen molar-refractivity contribution in [1.29, 1.82) is 0 Å². The van der Waals surface area contributed by atoms with Crippen LogP contribution in [0.25, 0.3) is 10.9 Å². The van der Waals surface area contributed by atoms with Crippen molar-refractivity contribution in [2.45, 2.75) is 26.3 Å². The van der Waals surface area contributed by atoms with Crippen molar-refractivity contribution in [2.75, 3.05) is 0 Å². The Hall–Kier alpha value is -2.71. The molecule has 0 spiro atoms. The summed E-state index contributed by atoms with van der Waals surface area (Å²) in [5.41, 5.74) is -0.0718. The number of para-hydroxylation sites is 1. The Kier molecular flexibility index (Phi) is 4.56. The first kappa shape index (κ1) is 17.1. The van der Waals surface area contributed by atoms with E-state index in [0.29, 0.717) is 10.9 Å². The molecule has 0 aliphatic carbocycles. The smallest absolute Gasteiger partial charge is 0.254 e. The third-order valence-corrected chi connectivity index (χ3v) is 4.50. The van der Waals surface area contributed by atoms with Gasteiger partial charge in [0.05, 0.1) is 16.0 Å². The number of rotatable bonds is 2. The van der Waals surface area contributed by atoms with Crippen molar-refractivity contribution in [1.82, 2.24) is 10.3 Å². The molecule has 0 fully saturated rings. The highest BCUT2D eigenvalue weighted by Crippen LogP contribution is 2.17. The number of nitrogens with one attached hydrogen (secondary N) is 1. The lowest BCUT2D eigenvalue weighted by atomic mass is 10.1. The van der Waals surface area contributed by atoms with E-state index in [0.717, 1.165) is 4.88 Å². The molecular formula is C20H17FN2OS. The highest BCUT2D eigenvalue weighted by molar-refractivity contribution is 7.12. The van der Waals surface area contributed by atoms with E-state index in [2.05, 4.69) is 22.1 Å². The SMILES string of the molecule is Cc1ccc(C#CC(C)(C)NC(=O)c2cnc3c(F)cccc3c2)s1. The minimum atomic E-state index is -0.703. The number of halogens is 1. The fourth-order valence-corrected chi connectivity index (χ4v) is 3.08. The summed E-state index contributed by atoms with van der Waals surface area (Å²) in [6.07, 6.45) is 1.38. The molecule has 1 amide bonds. The number of carbonyl (C=O) groups excluding carboxylic acids is 1. The molecule has 0 unspecified atom stereocenters. The molecule has 0 saturated heterocycles. The molecule has 0 bridgehead atoms. The molecular weight excluding hydrogens is 335 g/mol. The second-order valence-electron chi connectivity index (χ2n) is 6.27. The predicted molar refractivity (Wildman–Crippen MR) is 99.2 cm³/mol. The van der Waals surface area contributed by atoms with Crippen molar-refractivity contribution in [3.05, 3.63) is 63.7 Å². The molecule has 2 aromatic heterocycles. The number of hydrogen-bond acceptors (Lipinski definition) is 3. The second kappa shape index (κ2) is 6.66. The second-order valence-corrected chi connectivity index (χ2v) is 7.56. The van der Waals surface area contributed by atoms with Crippen molar-refractivity contribution < 1.29 is 9.18 Å². The van der Waals surface area contributed by atoms with E-state index in [-0.39, 0.29) is 11.4 Å². The maximum Gasteiger partial charge on any atom is 0.254 e. The van der Waals surface area contributed by atoms with Gasteiger partial charge < -0.3 is 5.32 Å². The van der Waals surface area contributed by atoms with E-state index >= 15 is 0 Å². The largest absolute Gasteiger partial charge is 0.336 e. The molecule has 5 heteroatoms. The van der Waals surface area contributed by atoms with Gasteiger partial charge in [0.2, 0.25) is 0 Å². The standard InChI is InChI=1S/C20H17FN2OS/c1-13-7-8-16(25-13)9-10-20(2,3)23-19(24)15-11-14-5-4-6-17(21)18(14)22-12-15/h4-8,11-12H,1-3H3,(H,23,24). The molecule has 2 heterocycles. The number of nitrogens with zero attached hydrogens (tertiary/aromatic N) is 1. The fraction of sp³-hybridized carbons (Fsp3) is 0.200. The van der Waals surface area contributed by atoms with Crippen molar-refractivity contribution >= 4 is 28.1 Å². The maximum atomic E-state index is 13.7. The molecule has 3 nitrogen and oxygen atoms in total. The maximum absolute atomic E-state index is 13.7. The summed E-state index contributed by atoms with van der Waals surface area (Å²) in [7, 11) is 0. The number of aromatic nitrogens is 1. The van der Waals surface area contributed by atoms with Gasteiger partial charge in [0, 0.05) is 16.5 Å². The highest BCUT2D eigenvalue weighted by atomic mass is 32.1. The summed E-state index contributed by atoms with van der Waals surface area (Å²) in [5.74, 6) is 5.48. The van der Waals surface area contributed by atoms with Gasteiger partial charge >= 0.3 is 0 Å². The van der Waals surface area contributed by atoms with Crippen molar-refractivity contribution in [2.24, 2.45) is 0 Å². The Morgan fingerprint density at radius 2 is 2.08 bits per heavy atom. The van der Waals surface area contributed by atoms with Crippen LogP contribution in [0.3, 0.4) is 0 Å². The molecule has 1 N–H and O–H groups in total. The van der Waals surface area contributed by atoms with Gasteiger partial charge in [-0.15, -0.1) is 11.3 Å². The van der Waals surface area contributed by atoms with Crippen LogP contribution in [-0.4, -0.2) is 16.4 Å². The summed E-state index contributed by atoms with van der Waals surface area (Å²) in [4.78, 5) is 18.7. The number of aryl methyl sites for hydroxylation is 1. The molecule has 0 saturated carbocycles. The van der Waals surface area contributed by atoms with E-state index in [9.17, 15) is 9.18 Å². The first-order valence-electron chi connectivity index (χ1n) is 7.80. The van der Waals surface area contributed by atoms with Crippen molar-refractivity contribution in [3.8, 4) is 11.8 Å². The Morgan fingerprint density at radius 3 is 2.80 bits per heavy atom. The van der Waals surface area contributed by atoms with Gasteiger partial charge in [-0.05, 0) is 45.0 Å². The van der Waals surface area contributed by atoms with E-state index in [1.54, 1.807) is 29.5 Å². The third-order valence-electron chi connectivity index (χ3n) is 3.59. The number of pyridine rings is 1. The number of amides is 1. The Morgan fingerprint density at radius 1 is 1.28 bits per heavy atom. The minimum Gasteiger partial charge on any atom is -0.336 e. The van der Waals surface area contributed by atoms with Gasteiger partial charge in [0.1, 0.15) is 11.3 Å². The van der Waals surface area contributed by atoms with Crippen LogP contribution in [-0.2, 0) is 0 Å². The molecule has 3 aromatic rings. The van der Waals surface area contributed by atoms with Crippen LogP contribution >= 0.6 is 11.3 Å². The molecule has 0 radical (unpaired) electrons. The summed E-state index contributed by atoms with van der Waals surface area (Å²) in [6, 6.07) is 10.3. The van der Waals surface area contributed by atoms with Crippen LogP contribution in [0.2, 0.25) is 0 Å². The van der Waals surface area contributed by atoms with Gasteiger partial charge in [-0.3, -0.25) is 9.78 Å². The summed E-state index contributed by atoms with van der Waals surface area (Å²) in [6.45, 7) is 5.71. The zero-order valence-electron chi connectivity index (χ0n) is 14.2. The van der Waals surface area contributed by atoms with E-state index in [4.69, 9.17) is 0 Å². The van der Waals surface area contributed by atoms with Gasteiger partial charge in [0.15, 0.2) is 0 Å². The fourth-order valence-electron chi connectivity index (χ4n) is 2.35. The summed E-state index contributed by atoms with van der Waals surface area (Å²) < 4.78 is 13.7. The van der Waals surface area contributed by atoms with Gasteiger partial charge in [-0.1, -0.05) is 24.0 Å². The zero-order chi connectivity index (χ0) is 18.0. The van der Waals surface area contributed by atoms with E-state index < -0.39 is 11.4 Å². The number of benzene rings is 1. The Bertz CT molecular complexity index is 1010. The molecule has 126 valence electrons. The van der Waals surface area contributed by atoms with Gasteiger partial charge in [-0.25, -0.2) is 4.39 Å². The molecule has 0 aliphatic rings. The average Bonchev–Trinajstić information content (AvgIpc) is 2.98. The van der Waals surface area contributed by atoms with Crippen LogP contribution < -0.4 is 5.32 Å². The first-order valence-corrected chi connectivity index (χ1v) is 8.62. The Balaban J connectivity index is 1.80. The lowest BCUT2D eigenvalue weighted by molar-refractivity contribution is 0.0929.